The van der Waals surface area contributed by atoms with Gasteiger partial charge in [0.05, 0.1) is 16.6 Å². The predicted octanol–water partition coefficient (Wildman–Crippen LogP) is 3.56. The Morgan fingerprint density at radius 1 is 1.47 bits per heavy atom. The zero-order valence-corrected chi connectivity index (χ0v) is 11.5. The van der Waals surface area contributed by atoms with Crippen LogP contribution in [-0.2, 0) is 0 Å². The molecule has 0 bridgehead atoms. The number of benzene rings is 1. The Morgan fingerprint density at radius 3 is 2.88 bits per heavy atom. The maximum absolute atomic E-state index is 6.10. The molecular weight excluding hydrogens is 305 g/mol. The number of rotatable bonds is 3. The van der Waals surface area contributed by atoms with Gasteiger partial charge in [-0.25, -0.2) is 0 Å². The Labute approximate surface area is 112 Å². The number of hydrogen-bond acceptors (Lipinski definition) is 4. The third kappa shape index (κ3) is 2.68. The van der Waals surface area contributed by atoms with E-state index in [4.69, 9.17) is 21.8 Å². The topological polar surface area (TPSA) is 64.9 Å². The van der Waals surface area contributed by atoms with Crippen LogP contribution in [0.3, 0.4) is 0 Å². The van der Waals surface area contributed by atoms with E-state index >= 15 is 0 Å². The Balaban J connectivity index is 2.37. The SMILES string of the molecule is CCC(N)c1nnc(-c2ccc(Br)cc2Cl)o1. The summed E-state index contributed by atoms with van der Waals surface area (Å²) in [5.74, 6) is 0.822. The summed E-state index contributed by atoms with van der Waals surface area (Å²) in [6.45, 7) is 1.96. The second kappa shape index (κ2) is 5.16. The van der Waals surface area contributed by atoms with Crippen molar-refractivity contribution in [3.8, 4) is 11.5 Å². The van der Waals surface area contributed by atoms with Crippen LogP contribution in [0, 0.1) is 0 Å². The molecule has 17 heavy (non-hydrogen) atoms. The van der Waals surface area contributed by atoms with Crippen LogP contribution < -0.4 is 5.73 Å². The van der Waals surface area contributed by atoms with Crippen LogP contribution in [0.5, 0.6) is 0 Å². The van der Waals surface area contributed by atoms with Crippen LogP contribution in [0.1, 0.15) is 25.3 Å². The Hall–Kier alpha value is -0.910. The quantitative estimate of drug-likeness (QED) is 0.940. The van der Waals surface area contributed by atoms with Crippen LogP contribution in [-0.4, -0.2) is 10.2 Å². The molecule has 0 aliphatic carbocycles. The molecule has 90 valence electrons. The number of hydrogen-bond donors (Lipinski definition) is 1. The van der Waals surface area contributed by atoms with Crippen LogP contribution >= 0.6 is 27.5 Å². The molecule has 1 heterocycles. The highest BCUT2D eigenvalue weighted by molar-refractivity contribution is 9.10. The van der Waals surface area contributed by atoms with Crippen molar-refractivity contribution in [1.29, 1.82) is 0 Å². The molecule has 2 aromatic rings. The van der Waals surface area contributed by atoms with Gasteiger partial charge in [-0.05, 0) is 24.6 Å². The van der Waals surface area contributed by atoms with Gasteiger partial charge in [-0.15, -0.1) is 10.2 Å². The highest BCUT2D eigenvalue weighted by Gasteiger charge is 2.15. The molecule has 1 aromatic carbocycles. The van der Waals surface area contributed by atoms with Gasteiger partial charge in [0, 0.05) is 4.47 Å². The summed E-state index contributed by atoms with van der Waals surface area (Å²) >= 11 is 9.44. The second-order valence-corrected chi connectivity index (χ2v) is 4.91. The number of aromatic nitrogens is 2. The van der Waals surface area contributed by atoms with Gasteiger partial charge < -0.3 is 10.2 Å². The van der Waals surface area contributed by atoms with E-state index in [1.807, 2.05) is 19.1 Å². The van der Waals surface area contributed by atoms with Gasteiger partial charge in [0.1, 0.15) is 0 Å². The van der Waals surface area contributed by atoms with Gasteiger partial charge in [0.2, 0.25) is 11.8 Å². The first-order valence-electron chi connectivity index (χ1n) is 5.16. The van der Waals surface area contributed by atoms with Gasteiger partial charge in [0.25, 0.3) is 0 Å². The molecule has 0 amide bonds. The molecule has 0 saturated heterocycles. The average molecular weight is 317 g/mol. The van der Waals surface area contributed by atoms with E-state index in [1.54, 1.807) is 6.07 Å². The average Bonchev–Trinajstić information content (AvgIpc) is 2.77. The Kier molecular flexibility index (Phi) is 3.81. The van der Waals surface area contributed by atoms with Crippen LogP contribution in [0.4, 0.5) is 0 Å². The molecule has 4 nitrogen and oxygen atoms in total. The lowest BCUT2D eigenvalue weighted by Gasteiger charge is -2.01. The van der Waals surface area contributed by atoms with Gasteiger partial charge in [-0.1, -0.05) is 34.5 Å². The Morgan fingerprint density at radius 2 is 2.24 bits per heavy atom. The fourth-order valence-electron chi connectivity index (χ4n) is 1.33. The first kappa shape index (κ1) is 12.5. The third-order valence-corrected chi connectivity index (χ3v) is 3.17. The summed E-state index contributed by atoms with van der Waals surface area (Å²) in [5.41, 5.74) is 6.52. The van der Waals surface area contributed by atoms with Crippen molar-refractivity contribution in [3.05, 3.63) is 33.6 Å². The van der Waals surface area contributed by atoms with Crippen LogP contribution in [0.25, 0.3) is 11.5 Å². The number of halogens is 2. The first-order valence-corrected chi connectivity index (χ1v) is 6.33. The fraction of sp³-hybridized carbons (Fsp3) is 0.273. The second-order valence-electron chi connectivity index (χ2n) is 3.58. The molecule has 0 aliphatic heterocycles. The van der Waals surface area contributed by atoms with Gasteiger partial charge in [-0.3, -0.25) is 0 Å². The molecule has 2 N–H and O–H groups in total. The summed E-state index contributed by atoms with van der Waals surface area (Å²) in [5, 5.41) is 8.42. The molecular formula is C11H11BrClN3O. The van der Waals surface area contributed by atoms with Crippen LogP contribution in [0.15, 0.2) is 27.1 Å². The van der Waals surface area contributed by atoms with Gasteiger partial charge in [-0.2, -0.15) is 0 Å². The summed E-state index contributed by atoms with van der Waals surface area (Å²) in [7, 11) is 0. The van der Waals surface area contributed by atoms with Crippen molar-refractivity contribution in [3.63, 3.8) is 0 Å². The molecule has 0 fully saturated rings. The van der Waals surface area contributed by atoms with E-state index in [0.717, 1.165) is 10.9 Å². The summed E-state index contributed by atoms with van der Waals surface area (Å²) in [4.78, 5) is 0. The van der Waals surface area contributed by atoms with Gasteiger partial charge >= 0.3 is 0 Å². The maximum atomic E-state index is 6.10. The van der Waals surface area contributed by atoms with Crippen molar-refractivity contribution < 1.29 is 4.42 Å². The van der Waals surface area contributed by atoms with E-state index in [1.165, 1.54) is 0 Å². The van der Waals surface area contributed by atoms with Crippen molar-refractivity contribution in [2.24, 2.45) is 5.73 Å². The lowest BCUT2D eigenvalue weighted by molar-refractivity contribution is 0.452. The van der Waals surface area contributed by atoms with Crippen molar-refractivity contribution in [1.82, 2.24) is 10.2 Å². The van der Waals surface area contributed by atoms with Crippen LogP contribution in [0.2, 0.25) is 5.02 Å². The van der Waals surface area contributed by atoms with Gasteiger partial charge in [0.15, 0.2) is 0 Å². The molecule has 2 rings (SSSR count). The minimum atomic E-state index is -0.231. The summed E-state index contributed by atoms with van der Waals surface area (Å²) in [6.07, 6.45) is 0.746. The molecule has 6 heteroatoms. The van der Waals surface area contributed by atoms with E-state index in [-0.39, 0.29) is 6.04 Å². The maximum Gasteiger partial charge on any atom is 0.249 e. The summed E-state index contributed by atoms with van der Waals surface area (Å²) in [6, 6.07) is 5.23. The van der Waals surface area contributed by atoms with E-state index < -0.39 is 0 Å². The van der Waals surface area contributed by atoms with E-state index in [2.05, 4.69) is 26.1 Å². The zero-order valence-electron chi connectivity index (χ0n) is 9.15. The fourth-order valence-corrected chi connectivity index (χ4v) is 2.09. The molecule has 1 unspecified atom stereocenters. The highest BCUT2D eigenvalue weighted by atomic mass is 79.9. The zero-order chi connectivity index (χ0) is 12.4. The van der Waals surface area contributed by atoms with E-state index in [9.17, 15) is 0 Å². The van der Waals surface area contributed by atoms with Crippen molar-refractivity contribution in [2.45, 2.75) is 19.4 Å². The van der Waals surface area contributed by atoms with Crippen molar-refractivity contribution in [2.75, 3.05) is 0 Å². The highest BCUT2D eigenvalue weighted by Crippen LogP contribution is 2.30. The third-order valence-electron chi connectivity index (χ3n) is 2.36. The largest absolute Gasteiger partial charge is 0.419 e. The molecule has 0 saturated carbocycles. The molecule has 0 spiro atoms. The minimum Gasteiger partial charge on any atom is -0.419 e. The lowest BCUT2D eigenvalue weighted by atomic mass is 10.2. The molecule has 1 aromatic heterocycles. The minimum absolute atomic E-state index is 0.231. The molecule has 0 radical (unpaired) electrons. The first-order chi connectivity index (χ1) is 8.11. The number of nitrogens with two attached hydrogens (primary N) is 1. The smallest absolute Gasteiger partial charge is 0.249 e. The standard InChI is InChI=1S/C11H11BrClN3O/c1-2-9(14)11-16-15-10(17-11)7-4-3-6(12)5-8(7)13/h3-5,9H,2,14H2,1H3. The lowest BCUT2D eigenvalue weighted by Crippen LogP contribution is -2.08. The normalized spacial score (nSPS) is 12.7. The number of nitrogens with zero attached hydrogens (tertiary/aromatic N) is 2. The summed E-state index contributed by atoms with van der Waals surface area (Å²) < 4.78 is 6.40. The molecule has 1 atom stereocenters. The monoisotopic (exact) mass is 315 g/mol. The van der Waals surface area contributed by atoms with E-state index in [0.29, 0.717) is 22.4 Å². The predicted molar refractivity (Wildman–Crippen MR) is 69.7 cm³/mol. The Bertz CT molecular complexity index is 529. The molecule has 0 aliphatic rings. The van der Waals surface area contributed by atoms with Crippen molar-refractivity contribution >= 4 is 27.5 Å².